The highest BCUT2D eigenvalue weighted by Gasteiger charge is 2.36. The van der Waals surface area contributed by atoms with E-state index in [0.717, 1.165) is 0 Å². The number of hydrogen-bond donors (Lipinski definition) is 4. The van der Waals surface area contributed by atoms with Gasteiger partial charge in [-0.1, -0.05) is 6.07 Å². The highest BCUT2D eigenvalue weighted by Crippen LogP contribution is 2.30. The Bertz CT molecular complexity index is 1440. The Morgan fingerprint density at radius 1 is 1.12 bits per heavy atom. The summed E-state index contributed by atoms with van der Waals surface area (Å²) in [5.74, 6) is 0.654. The SMILES string of the molecule is Cc1ccc(Nc2nccc(Nc3n[nH]c4ccc(F)cc34)n2)cc1S(=O)(=O)C(C)(C)CO. The molecule has 0 atom stereocenters. The third kappa shape index (κ3) is 4.37. The average Bonchev–Trinajstić information content (AvgIpc) is 3.16. The topological polar surface area (TPSA) is 133 Å². The van der Waals surface area contributed by atoms with Crippen LogP contribution in [0.3, 0.4) is 0 Å². The predicted molar refractivity (Wildman–Crippen MR) is 124 cm³/mol. The number of hydrogen-bond acceptors (Lipinski definition) is 8. The van der Waals surface area contributed by atoms with Gasteiger partial charge in [-0.05, 0) is 62.7 Å². The molecule has 0 aliphatic rings. The van der Waals surface area contributed by atoms with Crippen LogP contribution in [-0.2, 0) is 9.84 Å². The van der Waals surface area contributed by atoms with Crippen molar-refractivity contribution in [3.05, 3.63) is 60.0 Å². The maximum absolute atomic E-state index is 13.6. The lowest BCUT2D eigenvalue weighted by Gasteiger charge is -2.23. The van der Waals surface area contributed by atoms with Gasteiger partial charge in [-0.2, -0.15) is 10.1 Å². The first-order valence-electron chi connectivity index (χ1n) is 10.1. The standard InChI is InChI=1S/C22H23FN6O3S/c1-13-4-6-15(11-18(13)33(31,32)22(2,3)12-30)25-21-24-9-8-19(27-21)26-20-16-10-14(23)5-7-17(16)28-29-20/h4-11,30H,12H2,1-3H3,(H3,24,25,26,27,28,29). The monoisotopic (exact) mass is 470 g/mol. The molecule has 0 fully saturated rings. The Morgan fingerprint density at radius 2 is 1.91 bits per heavy atom. The van der Waals surface area contributed by atoms with Gasteiger partial charge in [0.1, 0.15) is 11.6 Å². The van der Waals surface area contributed by atoms with Crippen LogP contribution in [0.25, 0.3) is 10.9 Å². The minimum absolute atomic E-state index is 0.117. The van der Waals surface area contributed by atoms with Crippen molar-refractivity contribution >= 4 is 44.0 Å². The molecular weight excluding hydrogens is 447 g/mol. The van der Waals surface area contributed by atoms with E-state index in [1.165, 1.54) is 38.2 Å². The summed E-state index contributed by atoms with van der Waals surface area (Å²) >= 11 is 0. The summed E-state index contributed by atoms with van der Waals surface area (Å²) in [7, 11) is -3.79. The zero-order valence-corrected chi connectivity index (χ0v) is 19.0. The molecule has 33 heavy (non-hydrogen) atoms. The zero-order chi connectivity index (χ0) is 23.8. The summed E-state index contributed by atoms with van der Waals surface area (Å²) in [5, 5.41) is 23.1. The van der Waals surface area contributed by atoms with Crippen LogP contribution in [-0.4, -0.2) is 45.0 Å². The molecule has 2 aromatic carbocycles. The van der Waals surface area contributed by atoms with Crippen LogP contribution in [0.15, 0.2) is 53.6 Å². The highest BCUT2D eigenvalue weighted by atomic mass is 32.2. The van der Waals surface area contributed by atoms with Gasteiger partial charge in [0.15, 0.2) is 15.7 Å². The first-order chi connectivity index (χ1) is 15.6. The molecule has 0 amide bonds. The van der Waals surface area contributed by atoms with Gasteiger partial charge in [-0.15, -0.1) is 0 Å². The van der Waals surface area contributed by atoms with E-state index in [0.29, 0.717) is 33.8 Å². The largest absolute Gasteiger partial charge is 0.395 e. The molecule has 0 unspecified atom stereocenters. The van der Waals surface area contributed by atoms with E-state index in [9.17, 15) is 17.9 Å². The summed E-state index contributed by atoms with van der Waals surface area (Å²) in [6, 6.07) is 10.8. The Morgan fingerprint density at radius 3 is 2.67 bits per heavy atom. The molecule has 4 aromatic rings. The lowest BCUT2D eigenvalue weighted by Crippen LogP contribution is -2.36. The number of nitrogens with zero attached hydrogens (tertiary/aromatic N) is 3. The van der Waals surface area contributed by atoms with Gasteiger partial charge in [0.25, 0.3) is 0 Å². The maximum atomic E-state index is 13.6. The number of aromatic amines is 1. The third-order valence-electron chi connectivity index (χ3n) is 5.27. The molecule has 2 aromatic heterocycles. The molecule has 4 rings (SSSR count). The van der Waals surface area contributed by atoms with Crippen LogP contribution >= 0.6 is 0 Å². The van der Waals surface area contributed by atoms with Gasteiger partial charge in [0, 0.05) is 17.3 Å². The Hall–Kier alpha value is -3.57. The van der Waals surface area contributed by atoms with Crippen molar-refractivity contribution in [1.82, 2.24) is 20.2 Å². The molecule has 0 saturated carbocycles. The number of anilines is 4. The summed E-state index contributed by atoms with van der Waals surface area (Å²) in [5.41, 5.74) is 1.71. The molecule has 172 valence electrons. The number of fused-ring (bicyclic) bond motifs is 1. The number of halogens is 1. The Kier molecular flexibility index (Phi) is 5.76. The number of aliphatic hydroxyl groups excluding tert-OH is 1. The maximum Gasteiger partial charge on any atom is 0.229 e. The molecule has 2 heterocycles. The molecular formula is C22H23FN6O3S. The second kappa shape index (κ2) is 8.41. The molecule has 11 heteroatoms. The molecule has 0 spiro atoms. The van der Waals surface area contributed by atoms with Crippen molar-refractivity contribution in [3.63, 3.8) is 0 Å². The highest BCUT2D eigenvalue weighted by molar-refractivity contribution is 7.92. The van der Waals surface area contributed by atoms with Crippen molar-refractivity contribution in [2.24, 2.45) is 0 Å². The first kappa shape index (κ1) is 22.6. The smallest absolute Gasteiger partial charge is 0.229 e. The minimum atomic E-state index is -3.79. The summed E-state index contributed by atoms with van der Waals surface area (Å²) < 4.78 is 38.3. The van der Waals surface area contributed by atoms with Gasteiger partial charge in [-0.25, -0.2) is 17.8 Å². The van der Waals surface area contributed by atoms with Gasteiger partial charge >= 0.3 is 0 Å². The van der Waals surface area contributed by atoms with Crippen LogP contribution in [0.4, 0.5) is 27.7 Å². The summed E-state index contributed by atoms with van der Waals surface area (Å²) in [4.78, 5) is 8.68. The number of H-pyrrole nitrogens is 1. The Balaban J connectivity index is 1.61. The average molecular weight is 471 g/mol. The van der Waals surface area contributed by atoms with E-state index in [1.54, 1.807) is 31.2 Å². The molecule has 0 radical (unpaired) electrons. The fraction of sp³-hybridized carbons (Fsp3) is 0.227. The number of nitrogens with one attached hydrogen (secondary N) is 3. The number of aromatic nitrogens is 4. The fourth-order valence-corrected chi connectivity index (χ4v) is 4.71. The molecule has 0 aliphatic carbocycles. The van der Waals surface area contributed by atoms with Crippen molar-refractivity contribution in [1.29, 1.82) is 0 Å². The second-order valence-corrected chi connectivity index (χ2v) is 10.7. The normalized spacial score (nSPS) is 12.2. The number of sulfone groups is 1. The molecule has 9 nitrogen and oxygen atoms in total. The second-order valence-electron chi connectivity index (χ2n) is 8.18. The first-order valence-corrected chi connectivity index (χ1v) is 11.6. The lowest BCUT2D eigenvalue weighted by atomic mass is 10.2. The predicted octanol–water partition coefficient (Wildman–Crippen LogP) is 3.83. The van der Waals surface area contributed by atoms with E-state index < -0.39 is 21.2 Å². The van der Waals surface area contributed by atoms with Gasteiger partial charge in [-0.3, -0.25) is 5.10 Å². The summed E-state index contributed by atoms with van der Waals surface area (Å²) in [6.07, 6.45) is 1.52. The van der Waals surface area contributed by atoms with Crippen molar-refractivity contribution < 1.29 is 17.9 Å². The molecule has 0 saturated heterocycles. The van der Waals surface area contributed by atoms with Crippen LogP contribution in [0.2, 0.25) is 0 Å². The number of aliphatic hydroxyl groups is 1. The fourth-order valence-electron chi connectivity index (χ4n) is 3.17. The molecule has 0 bridgehead atoms. The lowest BCUT2D eigenvalue weighted by molar-refractivity contribution is 0.258. The van der Waals surface area contributed by atoms with Crippen LogP contribution in [0.1, 0.15) is 19.4 Å². The van der Waals surface area contributed by atoms with Crippen LogP contribution in [0, 0.1) is 12.7 Å². The third-order valence-corrected chi connectivity index (χ3v) is 7.87. The minimum Gasteiger partial charge on any atom is -0.395 e. The molecule has 0 aliphatic heterocycles. The molecule has 4 N–H and O–H groups in total. The van der Waals surface area contributed by atoms with Crippen LogP contribution < -0.4 is 10.6 Å². The van der Waals surface area contributed by atoms with E-state index >= 15 is 0 Å². The Labute approximate surface area is 190 Å². The number of aryl methyl sites for hydroxylation is 1. The number of benzene rings is 2. The van der Waals surface area contributed by atoms with Gasteiger partial charge < -0.3 is 15.7 Å². The quantitative estimate of drug-likeness (QED) is 0.320. The zero-order valence-electron chi connectivity index (χ0n) is 18.2. The van der Waals surface area contributed by atoms with E-state index in [2.05, 4.69) is 30.8 Å². The van der Waals surface area contributed by atoms with E-state index in [1.807, 2.05) is 0 Å². The van der Waals surface area contributed by atoms with Crippen LogP contribution in [0.5, 0.6) is 0 Å². The van der Waals surface area contributed by atoms with Gasteiger partial charge in [0.2, 0.25) is 5.95 Å². The summed E-state index contributed by atoms with van der Waals surface area (Å²) in [6.45, 7) is 4.15. The van der Waals surface area contributed by atoms with Crippen molar-refractivity contribution in [2.75, 3.05) is 17.2 Å². The van der Waals surface area contributed by atoms with Crippen molar-refractivity contribution in [2.45, 2.75) is 30.4 Å². The van der Waals surface area contributed by atoms with Gasteiger partial charge in [0.05, 0.1) is 21.8 Å². The van der Waals surface area contributed by atoms with E-state index in [4.69, 9.17) is 0 Å². The number of rotatable bonds is 7. The van der Waals surface area contributed by atoms with Crippen molar-refractivity contribution in [3.8, 4) is 0 Å². The van der Waals surface area contributed by atoms with E-state index in [-0.39, 0.29) is 16.7 Å².